The van der Waals surface area contributed by atoms with Crippen molar-refractivity contribution >= 4 is 11.5 Å². The molecule has 0 unspecified atom stereocenters. The third-order valence-corrected chi connectivity index (χ3v) is 4.87. The molecule has 5 heteroatoms. The molecule has 0 radical (unpaired) electrons. The predicted molar refractivity (Wildman–Crippen MR) is 99.7 cm³/mol. The van der Waals surface area contributed by atoms with E-state index in [1.807, 2.05) is 0 Å². The molecule has 130 valence electrons. The molecule has 3 heterocycles. The van der Waals surface area contributed by atoms with Crippen LogP contribution in [0.15, 0.2) is 22.8 Å². The van der Waals surface area contributed by atoms with Crippen molar-refractivity contribution in [3.63, 3.8) is 0 Å². The van der Waals surface area contributed by atoms with Gasteiger partial charge in [0.05, 0.1) is 6.54 Å². The van der Waals surface area contributed by atoms with E-state index in [-0.39, 0.29) is 0 Å². The van der Waals surface area contributed by atoms with Crippen molar-refractivity contribution in [1.82, 2.24) is 9.97 Å². The van der Waals surface area contributed by atoms with Gasteiger partial charge in [0, 0.05) is 48.1 Å². The summed E-state index contributed by atoms with van der Waals surface area (Å²) in [7, 11) is 0. The predicted octanol–water partition coefficient (Wildman–Crippen LogP) is 3.24. The van der Waals surface area contributed by atoms with Gasteiger partial charge in [-0.2, -0.15) is 0 Å². The lowest BCUT2D eigenvalue weighted by Gasteiger charge is -2.33. The molecule has 1 fully saturated rings. The molecule has 0 spiro atoms. The molecule has 0 aromatic carbocycles. The highest BCUT2D eigenvalue weighted by atomic mass is 15.2. The average Bonchev–Trinajstić information content (AvgIpc) is 3.01. The Morgan fingerprint density at radius 2 is 1.79 bits per heavy atom. The smallest absolute Gasteiger partial charge is 0.133 e. The van der Waals surface area contributed by atoms with E-state index in [9.17, 15) is 0 Å². The molecule has 24 heavy (non-hydrogen) atoms. The van der Waals surface area contributed by atoms with Crippen LogP contribution in [-0.2, 0) is 0 Å². The van der Waals surface area contributed by atoms with Crippen LogP contribution in [0.4, 0.5) is 5.82 Å². The van der Waals surface area contributed by atoms with Crippen molar-refractivity contribution < 1.29 is 0 Å². The number of piperidine rings is 1. The Morgan fingerprint density at radius 1 is 1.08 bits per heavy atom. The van der Waals surface area contributed by atoms with E-state index in [1.54, 1.807) is 0 Å². The van der Waals surface area contributed by atoms with E-state index in [1.165, 1.54) is 5.71 Å². The van der Waals surface area contributed by atoms with Crippen molar-refractivity contribution in [2.24, 2.45) is 16.6 Å². The fraction of sp³-hybridized carbons (Fsp3) is 0.632. The van der Waals surface area contributed by atoms with E-state index in [0.717, 1.165) is 49.0 Å². The van der Waals surface area contributed by atoms with Crippen molar-refractivity contribution in [1.29, 1.82) is 0 Å². The van der Waals surface area contributed by atoms with Crippen molar-refractivity contribution in [3.05, 3.63) is 29.4 Å². The Hall–Kier alpha value is -1.91. The maximum Gasteiger partial charge on any atom is 0.133 e. The first-order valence-corrected chi connectivity index (χ1v) is 9.08. The van der Waals surface area contributed by atoms with E-state index in [4.69, 9.17) is 15.7 Å². The lowest BCUT2D eigenvalue weighted by Crippen LogP contribution is -2.36. The Bertz CT molecular complexity index is 625. The minimum absolute atomic E-state index is 0.348. The van der Waals surface area contributed by atoms with Crippen molar-refractivity contribution in [2.75, 3.05) is 24.5 Å². The van der Waals surface area contributed by atoms with Gasteiger partial charge in [0.2, 0.25) is 0 Å². The van der Waals surface area contributed by atoms with Crippen LogP contribution < -0.4 is 10.6 Å². The molecular weight excluding hydrogens is 298 g/mol. The van der Waals surface area contributed by atoms with Gasteiger partial charge in [-0.05, 0) is 24.8 Å². The van der Waals surface area contributed by atoms with Gasteiger partial charge in [0.15, 0.2) is 0 Å². The Morgan fingerprint density at radius 3 is 2.33 bits per heavy atom. The molecule has 0 saturated carbocycles. The lowest BCUT2D eigenvalue weighted by molar-refractivity contribution is 0.499. The zero-order chi connectivity index (χ0) is 17.3. The van der Waals surface area contributed by atoms with Crippen LogP contribution >= 0.6 is 0 Å². The van der Waals surface area contributed by atoms with Crippen molar-refractivity contribution in [3.8, 4) is 0 Å². The Kier molecular flexibility index (Phi) is 4.88. The minimum atomic E-state index is 0.348. The number of allylic oxidation sites excluding steroid dienone is 1. The monoisotopic (exact) mass is 327 g/mol. The third kappa shape index (κ3) is 3.60. The van der Waals surface area contributed by atoms with Crippen LogP contribution in [0.1, 0.15) is 63.9 Å². The molecule has 0 bridgehead atoms. The number of hydrogen-bond acceptors (Lipinski definition) is 5. The number of nitrogens with two attached hydrogens (primary N) is 1. The van der Waals surface area contributed by atoms with Gasteiger partial charge in [-0.15, -0.1) is 0 Å². The quantitative estimate of drug-likeness (QED) is 0.922. The SMILES string of the molecule is CC(C)c1cc(N2CCC(C3=NCC(N)=C3)CC2)nc(C(C)C)n1. The van der Waals surface area contributed by atoms with Gasteiger partial charge in [0.25, 0.3) is 0 Å². The molecule has 1 saturated heterocycles. The summed E-state index contributed by atoms with van der Waals surface area (Å²) in [5, 5.41) is 0. The summed E-state index contributed by atoms with van der Waals surface area (Å²) in [5.41, 5.74) is 9.09. The van der Waals surface area contributed by atoms with Gasteiger partial charge >= 0.3 is 0 Å². The second kappa shape index (κ2) is 6.91. The molecule has 1 aromatic heterocycles. The van der Waals surface area contributed by atoms with Crippen LogP contribution in [0, 0.1) is 5.92 Å². The second-order valence-electron chi connectivity index (χ2n) is 7.54. The zero-order valence-electron chi connectivity index (χ0n) is 15.3. The summed E-state index contributed by atoms with van der Waals surface area (Å²) < 4.78 is 0. The van der Waals surface area contributed by atoms with Gasteiger partial charge in [0.1, 0.15) is 11.6 Å². The highest BCUT2D eigenvalue weighted by Crippen LogP contribution is 2.27. The van der Waals surface area contributed by atoms with E-state index in [0.29, 0.717) is 24.3 Å². The summed E-state index contributed by atoms with van der Waals surface area (Å²) in [4.78, 5) is 16.5. The molecule has 1 aromatic rings. The molecule has 2 aliphatic rings. The fourth-order valence-corrected chi connectivity index (χ4v) is 3.30. The number of aliphatic imine (C=N–C) groups is 1. The normalized spacial score (nSPS) is 19.2. The number of aromatic nitrogens is 2. The van der Waals surface area contributed by atoms with E-state index in [2.05, 4.69) is 49.7 Å². The van der Waals surface area contributed by atoms with Crippen LogP contribution in [0.25, 0.3) is 0 Å². The first-order chi connectivity index (χ1) is 11.4. The Labute approximate surface area is 145 Å². The van der Waals surface area contributed by atoms with E-state index >= 15 is 0 Å². The van der Waals surface area contributed by atoms with Gasteiger partial charge in [-0.1, -0.05) is 27.7 Å². The molecule has 2 N–H and O–H groups in total. The summed E-state index contributed by atoms with van der Waals surface area (Å²) in [6, 6.07) is 2.17. The molecular formula is C19H29N5. The second-order valence-corrected chi connectivity index (χ2v) is 7.54. The number of nitrogens with zero attached hydrogens (tertiary/aromatic N) is 4. The standard InChI is InChI=1S/C19H29N5/c1-12(2)16-10-18(23-19(22-16)13(3)4)24-7-5-14(6-8-24)17-9-15(20)11-21-17/h9-10,12-14H,5-8,11,20H2,1-4H3. The molecule has 2 aliphatic heterocycles. The minimum Gasteiger partial charge on any atom is -0.400 e. The summed E-state index contributed by atoms with van der Waals surface area (Å²) in [6.07, 6.45) is 4.29. The number of hydrogen-bond donors (Lipinski definition) is 1. The third-order valence-electron chi connectivity index (χ3n) is 4.87. The van der Waals surface area contributed by atoms with Crippen LogP contribution in [0.5, 0.6) is 0 Å². The average molecular weight is 327 g/mol. The first kappa shape index (κ1) is 16.9. The van der Waals surface area contributed by atoms with Crippen LogP contribution in [-0.4, -0.2) is 35.3 Å². The van der Waals surface area contributed by atoms with Gasteiger partial charge in [-0.25, -0.2) is 9.97 Å². The Balaban J connectivity index is 1.74. The molecule has 3 rings (SSSR count). The van der Waals surface area contributed by atoms with Gasteiger partial charge in [-0.3, -0.25) is 4.99 Å². The first-order valence-electron chi connectivity index (χ1n) is 9.08. The molecule has 0 atom stereocenters. The maximum atomic E-state index is 5.86. The van der Waals surface area contributed by atoms with Crippen LogP contribution in [0.2, 0.25) is 0 Å². The number of rotatable bonds is 4. The van der Waals surface area contributed by atoms with E-state index < -0.39 is 0 Å². The topological polar surface area (TPSA) is 67.4 Å². The molecule has 5 nitrogen and oxygen atoms in total. The summed E-state index contributed by atoms with van der Waals surface area (Å²) in [5.74, 6) is 3.34. The van der Waals surface area contributed by atoms with Crippen molar-refractivity contribution in [2.45, 2.75) is 52.4 Å². The number of anilines is 1. The summed E-state index contributed by atoms with van der Waals surface area (Å²) in [6.45, 7) is 11.4. The summed E-state index contributed by atoms with van der Waals surface area (Å²) >= 11 is 0. The zero-order valence-corrected chi connectivity index (χ0v) is 15.3. The lowest BCUT2D eigenvalue weighted by atomic mass is 9.92. The fourth-order valence-electron chi connectivity index (χ4n) is 3.30. The molecule has 0 amide bonds. The highest BCUT2D eigenvalue weighted by Gasteiger charge is 2.25. The largest absolute Gasteiger partial charge is 0.400 e. The van der Waals surface area contributed by atoms with Gasteiger partial charge < -0.3 is 10.6 Å². The molecule has 0 aliphatic carbocycles. The maximum absolute atomic E-state index is 5.86. The highest BCUT2D eigenvalue weighted by molar-refractivity contribution is 5.99. The van der Waals surface area contributed by atoms with Crippen LogP contribution in [0.3, 0.4) is 0 Å².